The molecule has 2 unspecified atom stereocenters. The van der Waals surface area contributed by atoms with Gasteiger partial charge in [0, 0.05) is 19.1 Å². The van der Waals surface area contributed by atoms with Crippen molar-refractivity contribution in [3.63, 3.8) is 0 Å². The molecular formula is C22H22N2. The van der Waals surface area contributed by atoms with Crippen LogP contribution in [-0.4, -0.2) is 4.90 Å². The first-order chi connectivity index (χ1) is 11.8. The first-order valence-electron chi connectivity index (χ1n) is 8.49. The van der Waals surface area contributed by atoms with Crippen LogP contribution in [0.1, 0.15) is 34.3 Å². The Morgan fingerprint density at radius 3 is 1.62 bits per heavy atom. The molecule has 1 aliphatic rings. The fraction of sp³-hybridized carbons (Fsp3) is 0.182. The molecule has 24 heavy (non-hydrogen) atoms. The molecule has 3 aromatic carbocycles. The summed E-state index contributed by atoms with van der Waals surface area (Å²) in [6, 6.07) is 29.9. The van der Waals surface area contributed by atoms with E-state index >= 15 is 0 Å². The van der Waals surface area contributed by atoms with Crippen molar-refractivity contribution in [3.05, 3.63) is 107 Å². The van der Waals surface area contributed by atoms with Gasteiger partial charge in [0.25, 0.3) is 0 Å². The van der Waals surface area contributed by atoms with Gasteiger partial charge in [-0.25, -0.2) is 0 Å². The van der Waals surface area contributed by atoms with Crippen LogP contribution in [0.2, 0.25) is 0 Å². The molecule has 120 valence electrons. The molecule has 2 N–H and O–H groups in total. The predicted octanol–water partition coefficient (Wildman–Crippen LogP) is 4.44. The second kappa shape index (κ2) is 6.60. The third kappa shape index (κ3) is 2.86. The van der Waals surface area contributed by atoms with Crippen molar-refractivity contribution in [1.82, 2.24) is 4.90 Å². The van der Waals surface area contributed by atoms with E-state index in [9.17, 15) is 0 Å². The van der Waals surface area contributed by atoms with Gasteiger partial charge < -0.3 is 5.73 Å². The summed E-state index contributed by atoms with van der Waals surface area (Å²) < 4.78 is 0. The molecule has 0 bridgehead atoms. The molecule has 0 spiro atoms. The summed E-state index contributed by atoms with van der Waals surface area (Å²) in [6.07, 6.45) is 0. The maximum Gasteiger partial charge on any atom is 0.0548 e. The van der Waals surface area contributed by atoms with Crippen LogP contribution in [0.5, 0.6) is 0 Å². The highest BCUT2D eigenvalue weighted by atomic mass is 15.2. The molecule has 0 radical (unpaired) electrons. The molecular weight excluding hydrogens is 292 g/mol. The topological polar surface area (TPSA) is 29.3 Å². The van der Waals surface area contributed by atoms with E-state index in [0.29, 0.717) is 0 Å². The molecule has 1 heterocycles. The van der Waals surface area contributed by atoms with Gasteiger partial charge in [-0.1, -0.05) is 84.9 Å². The predicted molar refractivity (Wildman–Crippen MR) is 98.2 cm³/mol. The van der Waals surface area contributed by atoms with E-state index in [-0.39, 0.29) is 12.1 Å². The van der Waals surface area contributed by atoms with Gasteiger partial charge in [-0.3, -0.25) is 4.90 Å². The Balaban J connectivity index is 1.70. The zero-order valence-corrected chi connectivity index (χ0v) is 13.7. The van der Waals surface area contributed by atoms with E-state index in [1.807, 2.05) is 6.07 Å². The first-order valence-corrected chi connectivity index (χ1v) is 8.49. The van der Waals surface area contributed by atoms with Gasteiger partial charge in [0.05, 0.1) is 6.04 Å². The number of nitrogens with zero attached hydrogens (tertiary/aromatic N) is 1. The van der Waals surface area contributed by atoms with Crippen LogP contribution >= 0.6 is 0 Å². The Bertz CT molecular complexity index is 773. The van der Waals surface area contributed by atoms with E-state index in [0.717, 1.165) is 13.1 Å². The van der Waals surface area contributed by atoms with Crippen molar-refractivity contribution >= 4 is 0 Å². The SMILES string of the molecule is NC(c1ccccc1)C(c1ccccc1)N1Cc2ccccc2C1. The molecule has 0 fully saturated rings. The monoisotopic (exact) mass is 314 g/mol. The van der Waals surface area contributed by atoms with Crippen molar-refractivity contribution in [3.8, 4) is 0 Å². The number of rotatable bonds is 4. The summed E-state index contributed by atoms with van der Waals surface area (Å²) in [5.41, 5.74) is 12.0. The minimum absolute atomic E-state index is 0.0529. The molecule has 3 aromatic rings. The zero-order valence-electron chi connectivity index (χ0n) is 13.7. The van der Waals surface area contributed by atoms with Crippen LogP contribution in [-0.2, 0) is 13.1 Å². The third-order valence-electron chi connectivity index (χ3n) is 4.92. The highest BCUT2D eigenvalue weighted by molar-refractivity contribution is 5.33. The fourth-order valence-corrected chi connectivity index (χ4v) is 3.71. The van der Waals surface area contributed by atoms with Gasteiger partial charge in [0.1, 0.15) is 0 Å². The van der Waals surface area contributed by atoms with Gasteiger partial charge in [-0.2, -0.15) is 0 Å². The smallest absolute Gasteiger partial charge is 0.0548 e. The van der Waals surface area contributed by atoms with E-state index in [1.54, 1.807) is 0 Å². The highest BCUT2D eigenvalue weighted by Gasteiger charge is 2.31. The number of hydrogen-bond donors (Lipinski definition) is 1. The molecule has 0 aromatic heterocycles. The number of benzene rings is 3. The summed E-state index contributed by atoms with van der Waals surface area (Å²) in [5.74, 6) is 0. The molecule has 2 heteroatoms. The third-order valence-corrected chi connectivity index (χ3v) is 4.92. The van der Waals surface area contributed by atoms with E-state index in [2.05, 4.69) is 83.8 Å². The second-order valence-corrected chi connectivity index (χ2v) is 6.47. The molecule has 0 amide bonds. The standard InChI is InChI=1S/C22H22N2/c23-21(17-9-3-1-4-10-17)22(18-11-5-2-6-12-18)24-15-19-13-7-8-14-20(19)16-24/h1-14,21-22H,15-16,23H2. The minimum atomic E-state index is -0.0529. The molecule has 0 aliphatic carbocycles. The lowest BCUT2D eigenvalue weighted by Gasteiger charge is -2.33. The summed E-state index contributed by atoms with van der Waals surface area (Å²) >= 11 is 0. The second-order valence-electron chi connectivity index (χ2n) is 6.47. The van der Waals surface area contributed by atoms with E-state index in [1.165, 1.54) is 22.3 Å². The molecule has 0 saturated carbocycles. The first kappa shape index (κ1) is 15.1. The van der Waals surface area contributed by atoms with Crippen LogP contribution in [0.3, 0.4) is 0 Å². The van der Waals surface area contributed by atoms with Crippen LogP contribution in [0.4, 0.5) is 0 Å². The summed E-state index contributed by atoms with van der Waals surface area (Å²) in [4.78, 5) is 2.50. The van der Waals surface area contributed by atoms with Crippen LogP contribution in [0, 0.1) is 0 Å². The van der Waals surface area contributed by atoms with Gasteiger partial charge >= 0.3 is 0 Å². The fourth-order valence-electron chi connectivity index (χ4n) is 3.71. The van der Waals surface area contributed by atoms with Gasteiger partial charge in [-0.15, -0.1) is 0 Å². The molecule has 1 aliphatic heterocycles. The highest BCUT2D eigenvalue weighted by Crippen LogP contribution is 2.37. The minimum Gasteiger partial charge on any atom is -0.322 e. The largest absolute Gasteiger partial charge is 0.322 e. The molecule has 2 nitrogen and oxygen atoms in total. The lowest BCUT2D eigenvalue weighted by Crippen LogP contribution is -2.33. The Hall–Kier alpha value is -2.42. The lowest BCUT2D eigenvalue weighted by molar-refractivity contribution is 0.173. The van der Waals surface area contributed by atoms with Crippen molar-refractivity contribution in [2.45, 2.75) is 25.2 Å². The Morgan fingerprint density at radius 2 is 1.08 bits per heavy atom. The average molecular weight is 314 g/mol. The van der Waals surface area contributed by atoms with Gasteiger partial charge in [0.2, 0.25) is 0 Å². The van der Waals surface area contributed by atoms with E-state index in [4.69, 9.17) is 5.73 Å². The summed E-state index contributed by atoms with van der Waals surface area (Å²) in [6.45, 7) is 1.91. The molecule has 2 atom stereocenters. The number of hydrogen-bond acceptors (Lipinski definition) is 2. The quantitative estimate of drug-likeness (QED) is 0.771. The Kier molecular flexibility index (Phi) is 4.16. The Labute approximate surface area is 143 Å². The maximum atomic E-state index is 6.74. The van der Waals surface area contributed by atoms with Gasteiger partial charge in [-0.05, 0) is 22.3 Å². The van der Waals surface area contributed by atoms with Crippen molar-refractivity contribution in [1.29, 1.82) is 0 Å². The maximum absolute atomic E-state index is 6.74. The molecule has 4 rings (SSSR count). The number of nitrogens with two attached hydrogens (primary N) is 1. The summed E-state index contributed by atoms with van der Waals surface area (Å²) in [5, 5.41) is 0. The average Bonchev–Trinajstić information content (AvgIpc) is 3.07. The van der Waals surface area contributed by atoms with Crippen LogP contribution < -0.4 is 5.73 Å². The van der Waals surface area contributed by atoms with Gasteiger partial charge in [0.15, 0.2) is 0 Å². The van der Waals surface area contributed by atoms with E-state index < -0.39 is 0 Å². The zero-order chi connectivity index (χ0) is 16.4. The summed E-state index contributed by atoms with van der Waals surface area (Å²) in [7, 11) is 0. The van der Waals surface area contributed by atoms with Crippen LogP contribution in [0.15, 0.2) is 84.9 Å². The lowest BCUT2D eigenvalue weighted by atomic mass is 9.93. The van der Waals surface area contributed by atoms with Crippen molar-refractivity contribution < 1.29 is 0 Å². The number of fused-ring (bicyclic) bond motifs is 1. The molecule has 0 saturated heterocycles. The Morgan fingerprint density at radius 1 is 0.625 bits per heavy atom. The normalized spacial score (nSPS) is 16.5. The van der Waals surface area contributed by atoms with Crippen molar-refractivity contribution in [2.24, 2.45) is 5.73 Å². The van der Waals surface area contributed by atoms with Crippen molar-refractivity contribution in [2.75, 3.05) is 0 Å². The van der Waals surface area contributed by atoms with Crippen LogP contribution in [0.25, 0.3) is 0 Å².